The molecule has 0 saturated carbocycles. The van der Waals surface area contributed by atoms with Gasteiger partial charge in [-0.05, 0) is 40.0 Å². The molecule has 5 unspecified atom stereocenters. The molecule has 13 heteroatoms. The van der Waals surface area contributed by atoms with Gasteiger partial charge in [0.25, 0.3) is 0 Å². The van der Waals surface area contributed by atoms with E-state index in [1.54, 1.807) is 20.8 Å². The molecule has 1 aliphatic rings. The van der Waals surface area contributed by atoms with Crippen molar-refractivity contribution in [3.63, 3.8) is 0 Å². The van der Waals surface area contributed by atoms with E-state index in [0.717, 1.165) is 0 Å². The van der Waals surface area contributed by atoms with Crippen LogP contribution in [-0.4, -0.2) is 85.9 Å². The number of ether oxygens (including phenoxy) is 6. The molecule has 1 fully saturated rings. The molecule has 2 amide bonds. The first-order valence-corrected chi connectivity index (χ1v) is 12.2. The third kappa shape index (κ3) is 13.3. The number of carbonyl (C=O) groups is 5. The lowest BCUT2D eigenvalue weighted by molar-refractivity contribution is -0.277. The van der Waals surface area contributed by atoms with Crippen LogP contribution in [0.15, 0.2) is 0 Å². The molecule has 0 aromatic heterocycles. The Labute approximate surface area is 217 Å². The molecule has 212 valence electrons. The van der Waals surface area contributed by atoms with Gasteiger partial charge in [-0.1, -0.05) is 0 Å². The number of carbonyl (C=O) groups excluding carboxylic acids is 5. The van der Waals surface area contributed by atoms with Gasteiger partial charge in [-0.25, -0.2) is 4.79 Å². The van der Waals surface area contributed by atoms with Gasteiger partial charge in [0.15, 0.2) is 18.5 Å². The molecule has 1 rings (SSSR count). The highest BCUT2D eigenvalue weighted by Crippen LogP contribution is 2.28. The monoisotopic (exact) mass is 532 g/mol. The van der Waals surface area contributed by atoms with E-state index in [-0.39, 0.29) is 13.2 Å². The number of unbranched alkanes of at least 4 members (excludes halogenated alkanes) is 2. The Hall–Kier alpha value is -2.93. The normalized spacial score (nSPS) is 23.4. The average molecular weight is 533 g/mol. The van der Waals surface area contributed by atoms with E-state index < -0.39 is 66.2 Å². The maximum Gasteiger partial charge on any atom is 0.407 e. The summed E-state index contributed by atoms with van der Waals surface area (Å²) < 4.78 is 32.8. The molecule has 2 N–H and O–H groups in total. The fourth-order valence-electron chi connectivity index (χ4n) is 3.54. The Morgan fingerprint density at radius 1 is 0.838 bits per heavy atom. The summed E-state index contributed by atoms with van der Waals surface area (Å²) in [5.41, 5.74) is -0.575. The first kappa shape index (κ1) is 32.1. The second-order valence-corrected chi connectivity index (χ2v) is 9.58. The highest BCUT2D eigenvalue weighted by atomic mass is 16.7. The smallest absolute Gasteiger partial charge is 0.407 e. The van der Waals surface area contributed by atoms with Gasteiger partial charge in [0.05, 0.1) is 0 Å². The maximum atomic E-state index is 11.9. The van der Waals surface area contributed by atoms with Crippen LogP contribution < -0.4 is 10.6 Å². The molecular formula is C24H40N2O11. The van der Waals surface area contributed by atoms with Gasteiger partial charge in [-0.3, -0.25) is 19.2 Å². The van der Waals surface area contributed by atoms with Crippen molar-refractivity contribution in [3.8, 4) is 0 Å². The fourth-order valence-corrected chi connectivity index (χ4v) is 3.54. The highest BCUT2D eigenvalue weighted by molar-refractivity contribution is 5.73. The van der Waals surface area contributed by atoms with Crippen molar-refractivity contribution in [2.24, 2.45) is 0 Å². The van der Waals surface area contributed by atoms with Crippen LogP contribution in [-0.2, 0) is 47.6 Å². The van der Waals surface area contributed by atoms with Gasteiger partial charge in [-0.2, -0.15) is 0 Å². The van der Waals surface area contributed by atoms with Crippen molar-refractivity contribution >= 4 is 29.9 Å². The molecule has 0 radical (unpaired) electrons. The minimum atomic E-state index is -1.17. The van der Waals surface area contributed by atoms with E-state index >= 15 is 0 Å². The topological polar surface area (TPSA) is 165 Å². The molecule has 1 saturated heterocycles. The van der Waals surface area contributed by atoms with Crippen molar-refractivity contribution < 1.29 is 52.4 Å². The lowest BCUT2D eigenvalue weighted by atomic mass is 9.96. The quantitative estimate of drug-likeness (QED) is 0.212. The minimum absolute atomic E-state index is 0.207. The number of esters is 3. The SMILES string of the molecule is CC(=O)NC1C(OCCCCCNC(=O)OC(C)(C)C)OC(COC(C)=O)C(OC(C)=O)C1OC(C)=O. The van der Waals surface area contributed by atoms with Crippen LogP contribution in [0.1, 0.15) is 67.7 Å². The summed E-state index contributed by atoms with van der Waals surface area (Å²) >= 11 is 0. The van der Waals surface area contributed by atoms with Crippen molar-refractivity contribution in [1.82, 2.24) is 10.6 Å². The number of hydrogen-bond donors (Lipinski definition) is 2. The van der Waals surface area contributed by atoms with E-state index in [4.69, 9.17) is 28.4 Å². The van der Waals surface area contributed by atoms with E-state index in [1.165, 1.54) is 27.7 Å². The van der Waals surface area contributed by atoms with Crippen LogP contribution >= 0.6 is 0 Å². The summed E-state index contributed by atoms with van der Waals surface area (Å²) in [7, 11) is 0. The molecule has 0 spiro atoms. The Bertz CT molecular complexity index is 796. The van der Waals surface area contributed by atoms with Gasteiger partial charge >= 0.3 is 24.0 Å². The van der Waals surface area contributed by atoms with Crippen LogP contribution in [0.3, 0.4) is 0 Å². The van der Waals surface area contributed by atoms with Crippen LogP contribution in [0.5, 0.6) is 0 Å². The number of rotatable bonds is 12. The molecule has 37 heavy (non-hydrogen) atoms. The largest absolute Gasteiger partial charge is 0.463 e. The van der Waals surface area contributed by atoms with Crippen LogP contribution in [0.25, 0.3) is 0 Å². The third-order valence-electron chi connectivity index (χ3n) is 4.84. The zero-order valence-electron chi connectivity index (χ0n) is 22.6. The van der Waals surface area contributed by atoms with Crippen molar-refractivity contribution in [2.45, 2.75) is 104 Å². The summed E-state index contributed by atoms with van der Waals surface area (Å²) in [5.74, 6) is -2.40. The minimum Gasteiger partial charge on any atom is -0.463 e. The Kier molecular flexibility index (Phi) is 13.3. The number of alkyl carbamates (subject to hydrolysis) is 1. The molecule has 5 atom stereocenters. The predicted molar refractivity (Wildman–Crippen MR) is 128 cm³/mol. The van der Waals surface area contributed by atoms with Gasteiger partial charge < -0.3 is 39.1 Å². The fraction of sp³-hybridized carbons (Fsp3) is 0.792. The van der Waals surface area contributed by atoms with E-state index in [1.807, 2.05) is 0 Å². The van der Waals surface area contributed by atoms with Gasteiger partial charge in [-0.15, -0.1) is 0 Å². The van der Waals surface area contributed by atoms with Crippen LogP contribution in [0.4, 0.5) is 4.79 Å². The van der Waals surface area contributed by atoms with E-state index in [0.29, 0.717) is 25.8 Å². The standard InChI is InChI=1S/C24H40N2O11/c1-14(27)26-19-21(35-17(4)30)20(34-16(3)29)18(13-33-15(2)28)36-22(19)32-12-10-8-9-11-25-23(31)37-24(5,6)7/h18-22H,8-13H2,1-7H3,(H,25,31)(H,26,27). The average Bonchev–Trinajstić information content (AvgIpc) is 2.73. The van der Waals surface area contributed by atoms with Gasteiger partial charge in [0, 0.05) is 40.8 Å². The maximum absolute atomic E-state index is 11.9. The molecule has 0 bridgehead atoms. The predicted octanol–water partition coefficient (Wildman–Crippen LogP) is 1.35. The lowest BCUT2D eigenvalue weighted by Crippen LogP contribution is -2.66. The summed E-state index contributed by atoms with van der Waals surface area (Å²) in [6, 6.07) is -1.01. The zero-order valence-corrected chi connectivity index (χ0v) is 22.6. The summed E-state index contributed by atoms with van der Waals surface area (Å²) in [6.07, 6.45) is -2.99. The van der Waals surface area contributed by atoms with Crippen LogP contribution in [0, 0.1) is 0 Å². The number of hydrogen-bond acceptors (Lipinski definition) is 11. The van der Waals surface area contributed by atoms with Crippen molar-refractivity contribution in [3.05, 3.63) is 0 Å². The molecule has 13 nitrogen and oxygen atoms in total. The molecule has 0 aliphatic carbocycles. The lowest BCUT2D eigenvalue weighted by Gasteiger charge is -2.44. The number of nitrogens with one attached hydrogen (secondary N) is 2. The summed E-state index contributed by atoms with van der Waals surface area (Å²) in [4.78, 5) is 58.6. The first-order chi connectivity index (χ1) is 17.2. The molecule has 1 aliphatic heterocycles. The van der Waals surface area contributed by atoms with E-state index in [9.17, 15) is 24.0 Å². The molecule has 1 heterocycles. The third-order valence-corrected chi connectivity index (χ3v) is 4.84. The van der Waals surface area contributed by atoms with E-state index in [2.05, 4.69) is 10.6 Å². The Morgan fingerprint density at radius 2 is 1.46 bits per heavy atom. The summed E-state index contributed by atoms with van der Waals surface area (Å²) in [5, 5.41) is 5.32. The van der Waals surface area contributed by atoms with Gasteiger partial charge in [0.1, 0.15) is 24.4 Å². The van der Waals surface area contributed by atoms with Gasteiger partial charge in [0.2, 0.25) is 5.91 Å². The van der Waals surface area contributed by atoms with Crippen molar-refractivity contribution in [1.29, 1.82) is 0 Å². The van der Waals surface area contributed by atoms with Crippen molar-refractivity contribution in [2.75, 3.05) is 19.8 Å². The molecule has 0 aromatic rings. The number of amides is 2. The highest BCUT2D eigenvalue weighted by Gasteiger charge is 2.51. The first-order valence-electron chi connectivity index (χ1n) is 12.2. The second kappa shape index (κ2) is 15.4. The molecular weight excluding hydrogens is 492 g/mol. The molecule has 0 aromatic carbocycles. The zero-order chi connectivity index (χ0) is 28.2. The Balaban J connectivity index is 2.83. The Morgan fingerprint density at radius 3 is 2.00 bits per heavy atom. The second-order valence-electron chi connectivity index (χ2n) is 9.58. The van der Waals surface area contributed by atoms with Crippen LogP contribution in [0.2, 0.25) is 0 Å². The summed E-state index contributed by atoms with van der Waals surface area (Å²) in [6.45, 7) is 10.5.